The van der Waals surface area contributed by atoms with E-state index < -0.39 is 11.7 Å². The van der Waals surface area contributed by atoms with E-state index >= 15 is 0 Å². The van der Waals surface area contributed by atoms with Gasteiger partial charge in [-0.25, -0.2) is 0 Å². The van der Waals surface area contributed by atoms with Crippen molar-refractivity contribution < 1.29 is 13.2 Å². The zero-order chi connectivity index (χ0) is 23.2. The molecule has 9 heteroatoms. The normalized spacial score (nSPS) is 22.5. The number of likely N-dealkylation sites (tertiary alicyclic amines) is 1. The summed E-state index contributed by atoms with van der Waals surface area (Å²) in [5, 5.41) is 9.49. The van der Waals surface area contributed by atoms with E-state index in [9.17, 15) is 13.2 Å². The molecule has 0 spiro atoms. The third-order valence-corrected chi connectivity index (χ3v) is 7.94. The van der Waals surface area contributed by atoms with Crippen molar-refractivity contribution in [3.05, 3.63) is 59.3 Å². The predicted molar refractivity (Wildman–Crippen MR) is 122 cm³/mol. The predicted octanol–water partition coefficient (Wildman–Crippen LogP) is 4.96. The fourth-order valence-electron chi connectivity index (χ4n) is 4.91. The molecule has 0 N–H and O–H groups in total. The third kappa shape index (κ3) is 4.40. The average Bonchev–Trinajstić information content (AvgIpc) is 3.16. The maximum atomic E-state index is 12.9. The second-order valence-corrected chi connectivity index (χ2v) is 10.2. The van der Waals surface area contributed by atoms with E-state index in [1.165, 1.54) is 12.1 Å². The first-order valence-corrected chi connectivity index (χ1v) is 12.1. The second kappa shape index (κ2) is 8.43. The topological polar surface area (TPSA) is 46.8 Å². The maximum absolute atomic E-state index is 12.9. The molecule has 0 radical (unpaired) electrons. The van der Waals surface area contributed by atoms with Crippen LogP contribution in [-0.4, -0.2) is 50.0 Å². The molecule has 174 valence electrons. The molecule has 0 unspecified atom stereocenters. The highest BCUT2D eigenvalue weighted by Gasteiger charge is 2.60. The quantitative estimate of drug-likeness (QED) is 0.359. The Balaban J connectivity index is 1.12. The number of aromatic nitrogens is 4. The van der Waals surface area contributed by atoms with Gasteiger partial charge in [0.05, 0.1) is 5.56 Å². The van der Waals surface area contributed by atoms with Gasteiger partial charge in [0.25, 0.3) is 0 Å². The molecule has 5 rings (SSSR count). The Kier molecular flexibility index (Phi) is 5.73. The smallest absolute Gasteiger partial charge is 0.304 e. The molecule has 1 aliphatic heterocycles. The molecule has 2 aromatic heterocycles. The number of hydrogen-bond donors (Lipinski definition) is 0. The highest BCUT2D eigenvalue weighted by molar-refractivity contribution is 7.99. The molecule has 33 heavy (non-hydrogen) atoms. The van der Waals surface area contributed by atoms with E-state index in [0.29, 0.717) is 5.92 Å². The first-order chi connectivity index (χ1) is 15.8. The van der Waals surface area contributed by atoms with E-state index in [-0.39, 0.29) is 5.41 Å². The molecule has 5 nitrogen and oxygen atoms in total. The van der Waals surface area contributed by atoms with Crippen molar-refractivity contribution in [2.75, 3.05) is 25.4 Å². The van der Waals surface area contributed by atoms with Crippen LogP contribution in [0.2, 0.25) is 0 Å². The summed E-state index contributed by atoms with van der Waals surface area (Å²) >= 11 is 1.69. The Morgan fingerprint density at radius 1 is 1.12 bits per heavy atom. The minimum atomic E-state index is -4.28. The zero-order valence-corrected chi connectivity index (χ0v) is 19.5. The van der Waals surface area contributed by atoms with Crippen molar-refractivity contribution in [3.63, 3.8) is 0 Å². The van der Waals surface area contributed by atoms with Crippen molar-refractivity contribution in [2.45, 2.75) is 36.5 Å². The zero-order valence-electron chi connectivity index (χ0n) is 18.6. The summed E-state index contributed by atoms with van der Waals surface area (Å²) in [6.07, 6.45) is -0.350. The summed E-state index contributed by atoms with van der Waals surface area (Å²) < 4.78 is 40.6. The van der Waals surface area contributed by atoms with Crippen molar-refractivity contribution in [3.8, 4) is 11.5 Å². The number of piperidine rings is 1. The average molecular weight is 474 g/mol. The Morgan fingerprint density at radius 2 is 1.91 bits per heavy atom. The molecule has 2 fully saturated rings. The first kappa shape index (κ1) is 22.4. The fourth-order valence-corrected chi connectivity index (χ4v) is 5.75. The standard InChI is InChI=1S/C24H26F3N5S/c1-16-4-9-20(28-13-16)21-29-30-22(31(21)2)33-11-3-10-32-14-19-12-23(19,15-32)17-5-7-18(8-6-17)24(25,26)27/h4-9,13,19H,3,10-12,14-15H2,1-2H3/t19-,23+/m0/s1. The van der Waals surface area contributed by atoms with Crippen LogP contribution in [0.25, 0.3) is 11.5 Å². The van der Waals surface area contributed by atoms with Gasteiger partial charge in [-0.05, 0) is 61.6 Å². The van der Waals surface area contributed by atoms with Crippen LogP contribution < -0.4 is 0 Å². The Morgan fingerprint density at radius 3 is 2.61 bits per heavy atom. The number of nitrogens with zero attached hydrogens (tertiary/aromatic N) is 5. The Labute approximate surface area is 195 Å². The van der Waals surface area contributed by atoms with Gasteiger partial charge in [0, 0.05) is 37.5 Å². The van der Waals surface area contributed by atoms with E-state index in [2.05, 4.69) is 20.1 Å². The van der Waals surface area contributed by atoms with Crippen molar-refractivity contribution >= 4 is 11.8 Å². The molecule has 0 amide bonds. The van der Waals surface area contributed by atoms with Crippen LogP contribution in [0, 0.1) is 12.8 Å². The first-order valence-electron chi connectivity index (χ1n) is 11.1. The fraction of sp³-hybridized carbons (Fsp3) is 0.458. The van der Waals surface area contributed by atoms with Crippen LogP contribution in [0.5, 0.6) is 0 Å². The summed E-state index contributed by atoms with van der Waals surface area (Å²) in [5.41, 5.74) is 2.45. The van der Waals surface area contributed by atoms with Crippen molar-refractivity contribution in [1.29, 1.82) is 0 Å². The summed E-state index contributed by atoms with van der Waals surface area (Å²) in [6.45, 7) is 4.94. The van der Waals surface area contributed by atoms with Gasteiger partial charge in [-0.3, -0.25) is 4.98 Å². The minimum absolute atomic E-state index is 0.0524. The third-order valence-electron chi connectivity index (χ3n) is 6.83. The number of fused-ring (bicyclic) bond motifs is 1. The lowest BCUT2D eigenvalue weighted by Gasteiger charge is -2.21. The second-order valence-electron chi connectivity index (χ2n) is 9.16. The molecule has 2 aliphatic rings. The summed E-state index contributed by atoms with van der Waals surface area (Å²) in [5.74, 6) is 2.25. The molecule has 0 bridgehead atoms. The highest BCUT2D eigenvalue weighted by atomic mass is 32.2. The van der Waals surface area contributed by atoms with Gasteiger partial charge in [0.1, 0.15) is 5.69 Å². The number of aryl methyl sites for hydroxylation is 1. The molecule has 3 aromatic rings. The molecule has 1 aromatic carbocycles. The number of rotatable bonds is 7. The number of thioether (sulfide) groups is 1. The highest BCUT2D eigenvalue weighted by Crippen LogP contribution is 2.59. The van der Waals surface area contributed by atoms with E-state index in [1.54, 1.807) is 23.9 Å². The SMILES string of the molecule is Cc1ccc(-c2nnc(SCCCN3C[C@@H]4C[C@]4(c4ccc(C(F)(F)F)cc4)C3)n2C)nc1. The van der Waals surface area contributed by atoms with Crippen LogP contribution in [0.1, 0.15) is 29.5 Å². The maximum Gasteiger partial charge on any atom is 0.416 e. The summed E-state index contributed by atoms with van der Waals surface area (Å²) in [6, 6.07) is 9.77. The Hall–Kier alpha value is -2.39. The number of benzene rings is 1. The van der Waals surface area contributed by atoms with Gasteiger partial charge in [-0.1, -0.05) is 30.0 Å². The lowest BCUT2D eigenvalue weighted by molar-refractivity contribution is -0.137. The molecule has 1 saturated heterocycles. The Bertz CT molecular complexity index is 1130. The molecule has 3 heterocycles. The van der Waals surface area contributed by atoms with Crippen LogP contribution in [0.3, 0.4) is 0 Å². The van der Waals surface area contributed by atoms with Gasteiger partial charge in [0.2, 0.25) is 0 Å². The van der Waals surface area contributed by atoms with Crippen molar-refractivity contribution in [1.82, 2.24) is 24.6 Å². The molecule has 1 saturated carbocycles. The van der Waals surface area contributed by atoms with Gasteiger partial charge in [-0.15, -0.1) is 10.2 Å². The molecular weight excluding hydrogens is 447 g/mol. The number of hydrogen-bond acceptors (Lipinski definition) is 5. The molecule has 1 aliphatic carbocycles. The van der Waals surface area contributed by atoms with E-state index in [1.807, 2.05) is 36.9 Å². The number of halogens is 3. The minimum Gasteiger partial charge on any atom is -0.304 e. The van der Waals surface area contributed by atoms with Gasteiger partial charge in [-0.2, -0.15) is 13.2 Å². The van der Waals surface area contributed by atoms with Crippen molar-refractivity contribution in [2.24, 2.45) is 13.0 Å². The van der Waals surface area contributed by atoms with E-state index in [4.69, 9.17) is 0 Å². The van der Waals surface area contributed by atoms with Crippen LogP contribution in [0.15, 0.2) is 47.8 Å². The lowest BCUT2D eigenvalue weighted by Crippen LogP contribution is -2.28. The lowest BCUT2D eigenvalue weighted by atomic mass is 9.94. The largest absolute Gasteiger partial charge is 0.416 e. The summed E-state index contributed by atoms with van der Waals surface area (Å²) in [4.78, 5) is 6.89. The monoisotopic (exact) mass is 473 g/mol. The van der Waals surface area contributed by atoms with Crippen LogP contribution in [-0.2, 0) is 18.6 Å². The number of pyridine rings is 1. The molecule has 2 atom stereocenters. The summed E-state index contributed by atoms with van der Waals surface area (Å²) in [7, 11) is 1.96. The van der Waals surface area contributed by atoms with Gasteiger partial charge >= 0.3 is 6.18 Å². The number of alkyl halides is 3. The van der Waals surface area contributed by atoms with E-state index in [0.717, 1.165) is 66.0 Å². The molecular formula is C24H26F3N5S. The van der Waals surface area contributed by atoms with Gasteiger partial charge < -0.3 is 9.47 Å². The van der Waals surface area contributed by atoms with Crippen LogP contribution in [0.4, 0.5) is 13.2 Å². The van der Waals surface area contributed by atoms with Gasteiger partial charge in [0.15, 0.2) is 11.0 Å². The van der Waals surface area contributed by atoms with Crippen LogP contribution >= 0.6 is 11.8 Å².